The van der Waals surface area contributed by atoms with Crippen LogP contribution in [0.2, 0.25) is 0 Å². The first-order valence-corrected chi connectivity index (χ1v) is 6.99. The molecule has 1 aromatic heterocycles. The number of nitriles is 1. The fourth-order valence-electron chi connectivity index (χ4n) is 1.73. The van der Waals surface area contributed by atoms with Crippen LogP contribution in [0.4, 0.5) is 0 Å². The zero-order valence-corrected chi connectivity index (χ0v) is 12.1. The minimum atomic E-state index is -0.263. The molecule has 102 valence electrons. The van der Waals surface area contributed by atoms with Crippen LogP contribution < -0.4 is 10.3 Å². The number of pyridine rings is 1. The molecular weight excluding hydrogens is 272 g/mol. The van der Waals surface area contributed by atoms with Crippen LogP contribution in [-0.2, 0) is 12.8 Å². The van der Waals surface area contributed by atoms with Gasteiger partial charge < -0.3 is 9.30 Å². The number of aromatic nitrogens is 1. The van der Waals surface area contributed by atoms with Gasteiger partial charge in [0.25, 0.3) is 5.56 Å². The van der Waals surface area contributed by atoms with Crippen molar-refractivity contribution in [2.75, 3.05) is 7.11 Å². The molecule has 0 saturated carbocycles. The fourth-order valence-corrected chi connectivity index (χ4v) is 2.69. The van der Waals surface area contributed by atoms with E-state index in [4.69, 9.17) is 10.00 Å². The van der Waals surface area contributed by atoms with Gasteiger partial charge in [-0.3, -0.25) is 4.79 Å². The van der Waals surface area contributed by atoms with Gasteiger partial charge in [-0.1, -0.05) is 12.1 Å². The molecule has 0 aliphatic heterocycles. The van der Waals surface area contributed by atoms with Gasteiger partial charge in [-0.05, 0) is 23.8 Å². The van der Waals surface area contributed by atoms with E-state index in [1.165, 1.54) is 4.57 Å². The smallest absolute Gasteiger partial charge is 0.268 e. The highest BCUT2D eigenvalue weighted by atomic mass is 32.2. The highest BCUT2D eigenvalue weighted by Crippen LogP contribution is 2.23. The third-order valence-corrected chi connectivity index (χ3v) is 3.88. The van der Waals surface area contributed by atoms with Gasteiger partial charge in [0.15, 0.2) is 0 Å². The molecule has 20 heavy (non-hydrogen) atoms. The van der Waals surface area contributed by atoms with Crippen molar-refractivity contribution in [3.05, 3.63) is 58.0 Å². The van der Waals surface area contributed by atoms with E-state index in [0.29, 0.717) is 0 Å². The van der Waals surface area contributed by atoms with E-state index in [0.717, 1.165) is 22.0 Å². The molecule has 0 N–H and O–H groups in total. The number of hydrogen-bond acceptors (Lipinski definition) is 4. The summed E-state index contributed by atoms with van der Waals surface area (Å²) < 4.78 is 6.55. The summed E-state index contributed by atoms with van der Waals surface area (Å²) in [6.45, 7) is 0. The Hall–Kier alpha value is -2.19. The van der Waals surface area contributed by atoms with Crippen molar-refractivity contribution >= 4 is 11.8 Å². The fraction of sp³-hybridized carbons (Fsp3) is 0.200. The quantitative estimate of drug-likeness (QED) is 0.811. The SMILES string of the molecule is COc1ccc(CSc2cc(C#N)c(=O)n(C)c2)cc1. The monoisotopic (exact) mass is 286 g/mol. The molecule has 2 rings (SSSR count). The molecule has 0 fully saturated rings. The van der Waals surface area contributed by atoms with Gasteiger partial charge in [0, 0.05) is 23.9 Å². The molecule has 1 aromatic carbocycles. The summed E-state index contributed by atoms with van der Waals surface area (Å²) in [5.74, 6) is 1.60. The van der Waals surface area contributed by atoms with Crippen LogP contribution >= 0.6 is 11.8 Å². The predicted octanol–water partition coefficient (Wildman–Crippen LogP) is 2.56. The van der Waals surface area contributed by atoms with Gasteiger partial charge in [0.2, 0.25) is 0 Å². The molecule has 0 aliphatic rings. The summed E-state index contributed by atoms with van der Waals surface area (Å²) in [7, 11) is 3.29. The van der Waals surface area contributed by atoms with Crippen LogP contribution in [0.3, 0.4) is 0 Å². The number of methoxy groups -OCH3 is 1. The van der Waals surface area contributed by atoms with Crippen LogP contribution in [0.25, 0.3) is 0 Å². The van der Waals surface area contributed by atoms with Gasteiger partial charge >= 0.3 is 0 Å². The summed E-state index contributed by atoms with van der Waals surface area (Å²) in [5, 5.41) is 8.92. The maximum absolute atomic E-state index is 11.6. The molecule has 1 heterocycles. The molecule has 0 saturated heterocycles. The number of hydrogen-bond donors (Lipinski definition) is 0. The summed E-state index contributed by atoms with van der Waals surface area (Å²) in [5.41, 5.74) is 1.07. The first kappa shape index (κ1) is 14.2. The van der Waals surface area contributed by atoms with Crippen molar-refractivity contribution in [3.63, 3.8) is 0 Å². The molecule has 0 bridgehead atoms. The lowest BCUT2D eigenvalue weighted by atomic mass is 10.2. The predicted molar refractivity (Wildman–Crippen MR) is 79.0 cm³/mol. The largest absolute Gasteiger partial charge is 0.497 e. The van der Waals surface area contributed by atoms with Crippen molar-refractivity contribution in [1.29, 1.82) is 5.26 Å². The minimum Gasteiger partial charge on any atom is -0.497 e. The molecule has 0 atom stereocenters. The average molecular weight is 286 g/mol. The maximum Gasteiger partial charge on any atom is 0.268 e. The van der Waals surface area contributed by atoms with Crippen molar-refractivity contribution in [2.45, 2.75) is 10.6 Å². The topological polar surface area (TPSA) is 55.0 Å². The van der Waals surface area contributed by atoms with Crippen LogP contribution in [0, 0.1) is 11.3 Å². The van der Waals surface area contributed by atoms with Crippen LogP contribution in [0.5, 0.6) is 5.75 Å². The van der Waals surface area contributed by atoms with Crippen molar-refractivity contribution in [3.8, 4) is 11.8 Å². The van der Waals surface area contributed by atoms with Gasteiger partial charge in [-0.25, -0.2) is 0 Å². The maximum atomic E-state index is 11.6. The Kier molecular flexibility index (Phi) is 4.49. The zero-order valence-electron chi connectivity index (χ0n) is 11.3. The van der Waals surface area contributed by atoms with E-state index in [9.17, 15) is 4.79 Å². The summed E-state index contributed by atoms with van der Waals surface area (Å²) in [6, 6.07) is 11.4. The number of nitrogens with zero attached hydrogens (tertiary/aromatic N) is 2. The lowest BCUT2D eigenvalue weighted by Gasteiger charge is -2.06. The van der Waals surface area contributed by atoms with Crippen molar-refractivity contribution < 1.29 is 4.74 Å². The number of ether oxygens (including phenoxy) is 1. The number of benzene rings is 1. The minimum absolute atomic E-state index is 0.173. The third-order valence-electron chi connectivity index (χ3n) is 2.84. The van der Waals surface area contributed by atoms with Gasteiger partial charge in [0.05, 0.1) is 7.11 Å². The Bertz CT molecular complexity index is 699. The van der Waals surface area contributed by atoms with E-state index < -0.39 is 0 Å². The van der Waals surface area contributed by atoms with Crippen LogP contribution in [-0.4, -0.2) is 11.7 Å². The highest BCUT2D eigenvalue weighted by molar-refractivity contribution is 7.98. The Labute approximate surface area is 121 Å². The first-order valence-electron chi connectivity index (χ1n) is 6.00. The Morgan fingerprint density at radius 1 is 1.35 bits per heavy atom. The molecule has 0 spiro atoms. The highest BCUT2D eigenvalue weighted by Gasteiger charge is 2.05. The van der Waals surface area contributed by atoms with E-state index in [1.54, 1.807) is 38.2 Å². The Morgan fingerprint density at radius 3 is 2.65 bits per heavy atom. The van der Waals surface area contributed by atoms with Crippen molar-refractivity contribution in [2.24, 2.45) is 7.05 Å². The molecule has 0 aliphatic carbocycles. The standard InChI is InChI=1S/C15H14N2O2S/c1-17-9-14(7-12(8-16)15(17)18)20-10-11-3-5-13(19-2)6-4-11/h3-7,9H,10H2,1-2H3. The molecule has 0 radical (unpaired) electrons. The number of thioether (sulfide) groups is 1. The molecule has 0 amide bonds. The van der Waals surface area contributed by atoms with Crippen LogP contribution in [0.15, 0.2) is 46.2 Å². The first-order chi connectivity index (χ1) is 9.63. The van der Waals surface area contributed by atoms with Crippen molar-refractivity contribution in [1.82, 2.24) is 4.57 Å². The normalized spacial score (nSPS) is 10.1. The lowest BCUT2D eigenvalue weighted by molar-refractivity contribution is 0.414. The summed E-state index contributed by atoms with van der Waals surface area (Å²) >= 11 is 1.59. The van der Waals surface area contributed by atoms with E-state index in [1.807, 2.05) is 30.3 Å². The zero-order chi connectivity index (χ0) is 14.5. The molecule has 5 heteroatoms. The number of rotatable bonds is 4. The Morgan fingerprint density at radius 2 is 2.05 bits per heavy atom. The van der Waals surface area contributed by atoms with E-state index >= 15 is 0 Å². The average Bonchev–Trinajstić information content (AvgIpc) is 2.48. The molecule has 4 nitrogen and oxygen atoms in total. The second-order valence-electron chi connectivity index (χ2n) is 4.25. The molecule has 0 unspecified atom stereocenters. The Balaban J connectivity index is 2.12. The van der Waals surface area contributed by atoms with Gasteiger partial charge in [-0.15, -0.1) is 11.8 Å². The third kappa shape index (κ3) is 3.22. The summed E-state index contributed by atoms with van der Waals surface area (Å²) in [4.78, 5) is 12.5. The second-order valence-corrected chi connectivity index (χ2v) is 5.30. The van der Waals surface area contributed by atoms with Crippen LogP contribution in [0.1, 0.15) is 11.1 Å². The van der Waals surface area contributed by atoms with Gasteiger partial charge in [-0.2, -0.15) is 5.26 Å². The number of aryl methyl sites for hydroxylation is 1. The van der Waals surface area contributed by atoms with Gasteiger partial charge in [0.1, 0.15) is 17.4 Å². The van der Waals surface area contributed by atoms with E-state index in [-0.39, 0.29) is 11.1 Å². The molecular formula is C15H14N2O2S. The molecule has 2 aromatic rings. The van der Waals surface area contributed by atoms with E-state index in [2.05, 4.69) is 0 Å². The second kappa shape index (κ2) is 6.31. The summed E-state index contributed by atoms with van der Waals surface area (Å²) in [6.07, 6.45) is 1.75. The lowest BCUT2D eigenvalue weighted by Crippen LogP contribution is -2.18.